The lowest BCUT2D eigenvalue weighted by Gasteiger charge is -2.08. The number of carbonyl (C=O) groups is 1. The average molecular weight is 388 g/mol. The Morgan fingerprint density at radius 1 is 0.897 bits per heavy atom. The van der Waals surface area contributed by atoms with Gasteiger partial charge in [0.1, 0.15) is 29.6 Å². The molecule has 0 amide bonds. The summed E-state index contributed by atoms with van der Waals surface area (Å²) in [6.07, 6.45) is 1.69. The molecule has 3 aromatic carbocycles. The van der Waals surface area contributed by atoms with Crippen molar-refractivity contribution in [2.24, 2.45) is 0 Å². The average Bonchev–Trinajstić information content (AvgIpc) is 3.07. The molecule has 4 rings (SSSR count). The van der Waals surface area contributed by atoms with Crippen LogP contribution in [0.2, 0.25) is 0 Å². The zero-order chi connectivity index (χ0) is 20.2. The summed E-state index contributed by atoms with van der Waals surface area (Å²) in [6, 6.07) is 20.4. The maximum Gasteiger partial charge on any atom is 0.231 e. The van der Waals surface area contributed by atoms with Crippen LogP contribution in [0, 0.1) is 0 Å². The van der Waals surface area contributed by atoms with Gasteiger partial charge in [0.25, 0.3) is 0 Å². The second kappa shape index (κ2) is 8.10. The highest BCUT2D eigenvalue weighted by atomic mass is 16.5. The van der Waals surface area contributed by atoms with Crippen molar-refractivity contribution in [2.75, 3.05) is 14.2 Å². The van der Waals surface area contributed by atoms with Gasteiger partial charge in [0, 0.05) is 11.6 Å². The molecule has 0 aromatic heterocycles. The van der Waals surface area contributed by atoms with Crippen LogP contribution in [-0.4, -0.2) is 20.0 Å². The molecule has 0 saturated carbocycles. The predicted molar refractivity (Wildman–Crippen MR) is 110 cm³/mol. The first-order chi connectivity index (χ1) is 14.2. The van der Waals surface area contributed by atoms with Crippen molar-refractivity contribution in [3.05, 3.63) is 89.2 Å². The van der Waals surface area contributed by atoms with E-state index in [2.05, 4.69) is 0 Å². The molecule has 3 aromatic rings. The van der Waals surface area contributed by atoms with Crippen LogP contribution in [0.5, 0.6) is 23.0 Å². The summed E-state index contributed by atoms with van der Waals surface area (Å²) in [6.45, 7) is 0.383. The van der Waals surface area contributed by atoms with Gasteiger partial charge >= 0.3 is 0 Å². The van der Waals surface area contributed by atoms with Crippen molar-refractivity contribution in [3.8, 4) is 23.0 Å². The third-order valence-electron chi connectivity index (χ3n) is 4.61. The van der Waals surface area contributed by atoms with Crippen LogP contribution in [0.1, 0.15) is 21.5 Å². The fraction of sp³-hybridized carbons (Fsp3) is 0.125. The van der Waals surface area contributed by atoms with Crippen molar-refractivity contribution in [1.29, 1.82) is 0 Å². The minimum atomic E-state index is -0.162. The van der Waals surface area contributed by atoms with Crippen molar-refractivity contribution < 1.29 is 23.7 Å². The maximum absolute atomic E-state index is 12.7. The lowest BCUT2D eigenvalue weighted by Crippen LogP contribution is -1.98. The molecule has 0 saturated heterocycles. The third-order valence-corrected chi connectivity index (χ3v) is 4.61. The predicted octanol–water partition coefficient (Wildman–Crippen LogP) is 4.90. The molecule has 29 heavy (non-hydrogen) atoms. The van der Waals surface area contributed by atoms with Gasteiger partial charge in [0.05, 0.1) is 19.8 Å². The maximum atomic E-state index is 12.7. The van der Waals surface area contributed by atoms with Gasteiger partial charge in [0.2, 0.25) is 5.78 Å². The number of allylic oxidation sites excluding steroid dienone is 1. The molecular formula is C24H20O5. The molecule has 146 valence electrons. The van der Waals surface area contributed by atoms with Gasteiger partial charge in [-0.25, -0.2) is 0 Å². The zero-order valence-electron chi connectivity index (χ0n) is 16.2. The summed E-state index contributed by atoms with van der Waals surface area (Å²) in [5.41, 5.74) is 2.28. The summed E-state index contributed by atoms with van der Waals surface area (Å²) in [4.78, 5) is 12.7. The second-order valence-corrected chi connectivity index (χ2v) is 6.48. The fourth-order valence-corrected chi connectivity index (χ4v) is 3.11. The van der Waals surface area contributed by atoms with Gasteiger partial charge in [-0.3, -0.25) is 4.79 Å². The molecule has 5 nitrogen and oxygen atoms in total. The summed E-state index contributed by atoms with van der Waals surface area (Å²) >= 11 is 0. The zero-order valence-corrected chi connectivity index (χ0v) is 16.2. The first-order valence-electron chi connectivity index (χ1n) is 9.15. The molecule has 0 bridgehead atoms. The Labute approximate surface area is 169 Å². The topological polar surface area (TPSA) is 54.0 Å². The Balaban J connectivity index is 1.52. The number of ketones is 1. The van der Waals surface area contributed by atoms with E-state index >= 15 is 0 Å². The van der Waals surface area contributed by atoms with Crippen LogP contribution in [0.25, 0.3) is 6.08 Å². The van der Waals surface area contributed by atoms with Gasteiger partial charge in [-0.05, 0) is 42.0 Å². The van der Waals surface area contributed by atoms with E-state index in [1.165, 1.54) is 0 Å². The first kappa shape index (κ1) is 18.6. The van der Waals surface area contributed by atoms with Crippen molar-refractivity contribution in [3.63, 3.8) is 0 Å². The number of hydrogen-bond donors (Lipinski definition) is 0. The normalized spacial score (nSPS) is 13.7. The van der Waals surface area contributed by atoms with E-state index in [0.717, 1.165) is 16.9 Å². The number of rotatable bonds is 6. The Hall–Kier alpha value is -3.73. The monoisotopic (exact) mass is 388 g/mol. The summed E-state index contributed by atoms with van der Waals surface area (Å²) in [5, 5.41) is 0. The van der Waals surface area contributed by atoms with Gasteiger partial charge < -0.3 is 18.9 Å². The highest BCUT2D eigenvalue weighted by Crippen LogP contribution is 2.36. The van der Waals surface area contributed by atoms with Crippen molar-refractivity contribution in [2.45, 2.75) is 6.61 Å². The standard InChI is InChI=1S/C24H20O5/c1-26-18-8-5-6-16(12-18)15-28-19-10-11-20-22(14-19)29-23(24(20)25)13-17-7-3-4-9-21(17)27-2/h3-14H,15H2,1-2H3. The largest absolute Gasteiger partial charge is 0.497 e. The van der Waals surface area contributed by atoms with Gasteiger partial charge in [-0.1, -0.05) is 30.3 Å². The minimum Gasteiger partial charge on any atom is -0.497 e. The molecule has 0 N–H and O–H groups in total. The van der Waals surface area contributed by atoms with E-state index in [-0.39, 0.29) is 11.5 Å². The highest BCUT2D eigenvalue weighted by molar-refractivity contribution is 6.14. The molecule has 0 spiro atoms. The molecule has 1 aliphatic heterocycles. The number of Topliss-reactive ketones (excluding diaryl/α,β-unsaturated/α-hetero) is 1. The molecule has 1 heterocycles. The lowest BCUT2D eigenvalue weighted by atomic mass is 10.1. The smallest absolute Gasteiger partial charge is 0.231 e. The van der Waals surface area contributed by atoms with Crippen molar-refractivity contribution in [1.82, 2.24) is 0 Å². The minimum absolute atomic E-state index is 0.162. The summed E-state index contributed by atoms with van der Waals surface area (Å²) in [5.74, 6) is 2.66. The SMILES string of the molecule is COc1cccc(COc2ccc3c(c2)OC(=Cc2ccccc2OC)C3=O)c1. The van der Waals surface area contributed by atoms with E-state index < -0.39 is 0 Å². The van der Waals surface area contributed by atoms with Crippen LogP contribution in [0.15, 0.2) is 72.5 Å². The number of fused-ring (bicyclic) bond motifs is 1. The molecule has 0 atom stereocenters. The Morgan fingerprint density at radius 2 is 1.76 bits per heavy atom. The van der Waals surface area contributed by atoms with Crippen LogP contribution in [0.3, 0.4) is 0 Å². The molecule has 0 aliphatic carbocycles. The van der Waals surface area contributed by atoms with E-state index in [9.17, 15) is 4.79 Å². The number of benzene rings is 3. The Kier molecular flexibility index (Phi) is 5.20. The van der Waals surface area contributed by atoms with Crippen LogP contribution < -0.4 is 18.9 Å². The van der Waals surface area contributed by atoms with Crippen LogP contribution >= 0.6 is 0 Å². The number of ether oxygens (including phenoxy) is 4. The molecule has 0 unspecified atom stereocenters. The number of para-hydroxylation sites is 1. The van der Waals surface area contributed by atoms with Crippen LogP contribution in [-0.2, 0) is 6.61 Å². The van der Waals surface area contributed by atoms with E-state index in [0.29, 0.717) is 29.4 Å². The fourth-order valence-electron chi connectivity index (χ4n) is 3.11. The lowest BCUT2D eigenvalue weighted by molar-refractivity contribution is 0.101. The second-order valence-electron chi connectivity index (χ2n) is 6.48. The highest BCUT2D eigenvalue weighted by Gasteiger charge is 2.28. The summed E-state index contributed by atoms with van der Waals surface area (Å²) in [7, 11) is 3.22. The quantitative estimate of drug-likeness (QED) is 0.562. The van der Waals surface area contributed by atoms with Gasteiger partial charge in [-0.15, -0.1) is 0 Å². The van der Waals surface area contributed by atoms with Crippen molar-refractivity contribution >= 4 is 11.9 Å². The molecule has 0 fully saturated rings. The molecular weight excluding hydrogens is 368 g/mol. The summed E-state index contributed by atoms with van der Waals surface area (Å²) < 4.78 is 22.2. The number of carbonyl (C=O) groups excluding carboxylic acids is 1. The van der Waals surface area contributed by atoms with Crippen LogP contribution in [0.4, 0.5) is 0 Å². The van der Waals surface area contributed by atoms with E-state index in [1.807, 2.05) is 48.5 Å². The Bertz CT molecular complexity index is 1080. The number of hydrogen-bond acceptors (Lipinski definition) is 5. The molecule has 5 heteroatoms. The molecule has 0 radical (unpaired) electrons. The van der Waals surface area contributed by atoms with Gasteiger partial charge in [-0.2, -0.15) is 0 Å². The first-order valence-corrected chi connectivity index (χ1v) is 9.15. The van der Waals surface area contributed by atoms with Gasteiger partial charge in [0.15, 0.2) is 5.76 Å². The molecule has 1 aliphatic rings. The number of methoxy groups -OCH3 is 2. The third kappa shape index (κ3) is 3.94. The Morgan fingerprint density at radius 3 is 2.59 bits per heavy atom. The van der Waals surface area contributed by atoms with E-state index in [4.69, 9.17) is 18.9 Å². The van der Waals surface area contributed by atoms with E-state index in [1.54, 1.807) is 38.5 Å².